The van der Waals surface area contributed by atoms with Crippen LogP contribution in [-0.2, 0) is 0 Å². The van der Waals surface area contributed by atoms with Crippen molar-refractivity contribution in [2.75, 3.05) is 25.1 Å². The molecule has 1 aliphatic heterocycles. The van der Waals surface area contributed by atoms with Crippen molar-refractivity contribution >= 4 is 17.2 Å². The molecule has 0 saturated carbocycles. The van der Waals surface area contributed by atoms with Crippen molar-refractivity contribution in [3.05, 3.63) is 46.5 Å². The zero-order valence-electron chi connectivity index (χ0n) is 12.8. The van der Waals surface area contributed by atoms with Crippen LogP contribution in [0.15, 0.2) is 35.3 Å². The van der Waals surface area contributed by atoms with Crippen LogP contribution in [0.2, 0.25) is 0 Å². The van der Waals surface area contributed by atoms with Crippen LogP contribution < -0.4 is 15.2 Å². The van der Waals surface area contributed by atoms with Crippen molar-refractivity contribution in [1.29, 1.82) is 0 Å². The van der Waals surface area contributed by atoms with Gasteiger partial charge in [-0.05, 0) is 18.2 Å². The maximum Gasteiger partial charge on any atom is 0.356 e. The van der Waals surface area contributed by atoms with Gasteiger partial charge < -0.3 is 19.7 Å². The molecule has 3 heterocycles. The second-order valence-electron chi connectivity index (χ2n) is 5.61. The number of anilines is 1. The van der Waals surface area contributed by atoms with Crippen LogP contribution in [0, 0.1) is 0 Å². The number of nitrogens with one attached hydrogen (secondary N) is 1. The fourth-order valence-corrected chi connectivity index (χ4v) is 2.77. The van der Waals surface area contributed by atoms with E-state index in [1.165, 1.54) is 10.6 Å². The van der Waals surface area contributed by atoms with Crippen molar-refractivity contribution in [3.63, 3.8) is 0 Å². The average Bonchev–Trinajstić information content (AvgIpc) is 3.00. The number of aromatic carboxylic acids is 1. The van der Waals surface area contributed by atoms with Gasteiger partial charge in [-0.25, -0.2) is 9.31 Å². The minimum atomic E-state index is -1.17. The van der Waals surface area contributed by atoms with Gasteiger partial charge in [0.05, 0.1) is 24.1 Å². The fourth-order valence-electron chi connectivity index (χ4n) is 2.77. The summed E-state index contributed by atoms with van der Waals surface area (Å²) in [6.07, 6.45) is 1.61. The number of nitrogens with zero attached hydrogens (tertiary/aromatic N) is 3. The first-order chi connectivity index (χ1) is 11.5. The molecule has 0 spiro atoms. The third-order valence-electron chi connectivity index (χ3n) is 4.05. The zero-order chi connectivity index (χ0) is 16.8. The van der Waals surface area contributed by atoms with Crippen LogP contribution in [0.5, 0.6) is 5.75 Å². The first kappa shape index (κ1) is 14.3. The summed E-state index contributed by atoms with van der Waals surface area (Å²) in [6, 6.07) is 6.87. The molecule has 122 valence electrons. The molecule has 0 amide bonds. The molecule has 0 bridgehead atoms. The lowest BCUT2D eigenvalue weighted by Gasteiger charge is -2.28. The van der Waals surface area contributed by atoms with Gasteiger partial charge in [0.25, 0.3) is 5.56 Å². The average molecular weight is 326 g/mol. The summed E-state index contributed by atoms with van der Waals surface area (Å²) in [6.45, 7) is 1.42. The highest BCUT2D eigenvalue weighted by molar-refractivity contribution is 5.87. The number of aromatic nitrogens is 3. The molecule has 0 saturated heterocycles. The largest absolute Gasteiger partial charge is 0.490 e. The van der Waals surface area contributed by atoms with Crippen molar-refractivity contribution in [3.8, 4) is 17.0 Å². The number of ether oxygens (including phenoxy) is 1. The number of hydrogen-bond acceptors (Lipinski definition) is 5. The van der Waals surface area contributed by atoms with Crippen molar-refractivity contribution in [2.45, 2.75) is 0 Å². The molecule has 2 N–H and O–H groups in total. The molecule has 0 atom stereocenters. The van der Waals surface area contributed by atoms with Gasteiger partial charge in [-0.1, -0.05) is 0 Å². The van der Waals surface area contributed by atoms with Gasteiger partial charge in [-0.3, -0.25) is 4.79 Å². The molecular weight excluding hydrogens is 312 g/mol. The van der Waals surface area contributed by atoms with Crippen LogP contribution in [-0.4, -0.2) is 45.9 Å². The molecule has 0 unspecified atom stereocenters. The molecule has 2 aromatic heterocycles. The van der Waals surface area contributed by atoms with E-state index in [1.54, 1.807) is 6.20 Å². The number of carboxylic acids is 1. The van der Waals surface area contributed by atoms with E-state index in [9.17, 15) is 9.59 Å². The summed E-state index contributed by atoms with van der Waals surface area (Å²) in [5.41, 5.74) is 1.90. The second kappa shape index (κ2) is 5.12. The number of hydrogen-bond donors (Lipinski definition) is 2. The van der Waals surface area contributed by atoms with E-state index < -0.39 is 11.5 Å². The summed E-state index contributed by atoms with van der Waals surface area (Å²) < 4.78 is 6.90. The molecule has 1 aromatic carbocycles. The Bertz CT molecular complexity index is 1020. The first-order valence-corrected chi connectivity index (χ1v) is 7.37. The van der Waals surface area contributed by atoms with Gasteiger partial charge in [-0.15, -0.1) is 0 Å². The summed E-state index contributed by atoms with van der Waals surface area (Å²) in [5.74, 6) is -0.379. The van der Waals surface area contributed by atoms with Crippen molar-refractivity contribution in [2.24, 2.45) is 0 Å². The number of fused-ring (bicyclic) bond motifs is 2. The Balaban J connectivity index is 1.86. The summed E-state index contributed by atoms with van der Waals surface area (Å²) >= 11 is 0. The van der Waals surface area contributed by atoms with Crippen molar-refractivity contribution in [1.82, 2.24) is 14.6 Å². The normalized spacial score (nSPS) is 13.6. The van der Waals surface area contributed by atoms with Gasteiger partial charge in [0.2, 0.25) is 0 Å². The molecule has 8 nitrogen and oxygen atoms in total. The quantitative estimate of drug-likeness (QED) is 0.734. The highest BCUT2D eigenvalue weighted by atomic mass is 16.5. The molecule has 0 fully saturated rings. The molecular formula is C16H14N4O4. The number of carboxylic acid groups (broad SMARTS) is 1. The maximum absolute atomic E-state index is 12.2. The minimum Gasteiger partial charge on any atom is -0.490 e. The van der Waals surface area contributed by atoms with Gasteiger partial charge in [-0.2, -0.15) is 5.10 Å². The van der Waals surface area contributed by atoms with Gasteiger partial charge in [0.1, 0.15) is 17.9 Å². The highest BCUT2D eigenvalue weighted by Gasteiger charge is 2.17. The Morgan fingerprint density at radius 2 is 2.21 bits per heavy atom. The van der Waals surface area contributed by atoms with Crippen LogP contribution in [0.25, 0.3) is 16.8 Å². The molecule has 24 heavy (non-hydrogen) atoms. The van der Waals surface area contributed by atoms with E-state index in [0.29, 0.717) is 12.3 Å². The summed E-state index contributed by atoms with van der Waals surface area (Å²) in [5, 5.41) is 12.9. The lowest BCUT2D eigenvalue weighted by Crippen LogP contribution is -2.28. The van der Waals surface area contributed by atoms with Crippen LogP contribution in [0.1, 0.15) is 10.5 Å². The Hall–Kier alpha value is -3.29. The standard InChI is InChI=1S/C16H14N4O4/c1-19-4-5-24-14-3-2-9(6-12(14)19)11-8-20-13(15(21)17-11)7-10(18-20)16(22)23/h2-3,6-8H,4-5H2,1H3,(H,17,21)(H,22,23). The molecule has 8 heteroatoms. The topological polar surface area (TPSA) is 99.9 Å². The zero-order valence-corrected chi connectivity index (χ0v) is 12.8. The Kier molecular flexibility index (Phi) is 3.05. The van der Waals surface area contributed by atoms with Crippen LogP contribution in [0.3, 0.4) is 0 Å². The van der Waals surface area contributed by atoms with E-state index in [0.717, 1.165) is 23.5 Å². The fraction of sp³-hybridized carbons (Fsp3) is 0.188. The van der Waals surface area contributed by atoms with E-state index in [-0.39, 0.29) is 11.2 Å². The van der Waals surface area contributed by atoms with E-state index in [4.69, 9.17) is 9.84 Å². The van der Waals surface area contributed by atoms with Gasteiger partial charge in [0.15, 0.2) is 5.69 Å². The van der Waals surface area contributed by atoms with E-state index in [1.807, 2.05) is 25.2 Å². The third-order valence-corrected chi connectivity index (χ3v) is 4.05. The maximum atomic E-state index is 12.2. The van der Waals surface area contributed by atoms with Crippen LogP contribution >= 0.6 is 0 Å². The van der Waals surface area contributed by atoms with Gasteiger partial charge in [0, 0.05) is 18.7 Å². The second-order valence-corrected chi connectivity index (χ2v) is 5.61. The smallest absolute Gasteiger partial charge is 0.356 e. The molecule has 1 aliphatic rings. The number of carbonyl (C=O) groups is 1. The summed E-state index contributed by atoms with van der Waals surface area (Å²) in [4.78, 5) is 28.1. The number of rotatable bonds is 2. The Labute approximate surface area is 135 Å². The lowest BCUT2D eigenvalue weighted by atomic mass is 10.1. The van der Waals surface area contributed by atoms with E-state index >= 15 is 0 Å². The number of aromatic amines is 1. The number of benzene rings is 1. The van der Waals surface area contributed by atoms with Crippen LogP contribution in [0.4, 0.5) is 5.69 Å². The highest BCUT2D eigenvalue weighted by Crippen LogP contribution is 2.34. The predicted octanol–water partition coefficient (Wildman–Crippen LogP) is 1.22. The molecule has 3 aromatic rings. The molecule has 0 radical (unpaired) electrons. The molecule has 0 aliphatic carbocycles. The predicted molar refractivity (Wildman–Crippen MR) is 87.0 cm³/mol. The van der Waals surface area contributed by atoms with Gasteiger partial charge >= 0.3 is 5.97 Å². The number of H-pyrrole nitrogens is 1. The number of likely N-dealkylation sites (N-methyl/N-ethyl adjacent to an activating group) is 1. The Morgan fingerprint density at radius 3 is 3.00 bits per heavy atom. The molecule has 4 rings (SSSR count). The monoisotopic (exact) mass is 326 g/mol. The first-order valence-electron chi connectivity index (χ1n) is 7.37. The van der Waals surface area contributed by atoms with Crippen molar-refractivity contribution < 1.29 is 14.6 Å². The Morgan fingerprint density at radius 1 is 1.38 bits per heavy atom. The third kappa shape index (κ3) is 2.19. The SMILES string of the molecule is CN1CCOc2ccc(-c3cn4nc(C(=O)O)cc4c(=O)[nH]3)cc21. The lowest BCUT2D eigenvalue weighted by molar-refractivity contribution is 0.0690. The summed E-state index contributed by atoms with van der Waals surface area (Å²) in [7, 11) is 1.98. The van der Waals surface area contributed by atoms with E-state index in [2.05, 4.69) is 15.0 Å². The minimum absolute atomic E-state index is 0.170.